The Morgan fingerprint density at radius 1 is 1.17 bits per heavy atom. The third kappa shape index (κ3) is 4.45. The molecule has 2 aromatic carbocycles. The van der Waals surface area contributed by atoms with E-state index < -0.39 is 5.97 Å². The molecule has 1 aliphatic carbocycles. The third-order valence-electron chi connectivity index (χ3n) is 6.95. The Balaban J connectivity index is 1.38. The van der Waals surface area contributed by atoms with Crippen LogP contribution in [0.3, 0.4) is 0 Å². The number of aromatic nitrogens is 2. The van der Waals surface area contributed by atoms with Crippen LogP contribution in [0.25, 0.3) is 16.0 Å². The molecule has 2 aliphatic rings. The number of carboxylic acid groups (broad SMARTS) is 1. The molecule has 2 N–H and O–H groups in total. The van der Waals surface area contributed by atoms with Gasteiger partial charge in [-0.25, -0.2) is 4.85 Å². The van der Waals surface area contributed by atoms with Crippen LogP contribution < -0.4 is 10.1 Å². The molecule has 3 aromatic rings. The van der Waals surface area contributed by atoms with Gasteiger partial charge in [0.05, 0.1) is 25.6 Å². The Labute approximate surface area is 202 Å². The number of hydrogen-bond acceptors (Lipinski definition) is 5. The van der Waals surface area contributed by atoms with E-state index in [1.807, 2.05) is 18.2 Å². The van der Waals surface area contributed by atoms with Gasteiger partial charge in [-0.3, -0.25) is 9.59 Å². The van der Waals surface area contributed by atoms with Crippen LogP contribution in [0.4, 0.5) is 11.4 Å². The lowest BCUT2D eigenvalue weighted by molar-refractivity contribution is -0.137. The van der Waals surface area contributed by atoms with E-state index in [2.05, 4.69) is 26.4 Å². The van der Waals surface area contributed by atoms with Crippen molar-refractivity contribution < 1.29 is 19.4 Å². The Kier molecular flexibility index (Phi) is 5.91. The summed E-state index contributed by atoms with van der Waals surface area (Å²) in [7, 11) is 0. The average molecular weight is 469 g/mol. The number of benzene rings is 2. The van der Waals surface area contributed by atoms with Gasteiger partial charge in [0.15, 0.2) is 5.69 Å². The molecule has 8 heteroatoms. The number of rotatable bonds is 7. The van der Waals surface area contributed by atoms with Crippen molar-refractivity contribution in [1.29, 1.82) is 0 Å². The van der Waals surface area contributed by atoms with Gasteiger partial charge in [-0.2, -0.15) is 10.2 Å². The molecule has 2 atom stereocenters. The SMILES string of the molecule is [C-]#[N+]c1ccc(CCCC(=O)O)c(NC(=O)[C@@H]2C[C@]23CCOc2ccc(-c4ccnnc4)cc23)c1. The maximum Gasteiger partial charge on any atom is 0.303 e. The van der Waals surface area contributed by atoms with E-state index in [0.717, 1.165) is 40.8 Å². The maximum atomic E-state index is 13.4. The fourth-order valence-electron chi connectivity index (χ4n) is 5.00. The first-order chi connectivity index (χ1) is 17.0. The largest absolute Gasteiger partial charge is 0.493 e. The molecule has 35 heavy (non-hydrogen) atoms. The summed E-state index contributed by atoms with van der Waals surface area (Å²) in [6.07, 6.45) is 5.87. The number of amides is 1. The van der Waals surface area contributed by atoms with Gasteiger partial charge in [-0.1, -0.05) is 18.2 Å². The number of carboxylic acids is 1. The number of fused-ring (bicyclic) bond motifs is 2. The molecule has 5 rings (SSSR count). The van der Waals surface area contributed by atoms with Crippen LogP contribution in [-0.2, 0) is 21.4 Å². The number of aryl methyl sites for hydroxylation is 1. The minimum Gasteiger partial charge on any atom is -0.493 e. The zero-order valence-corrected chi connectivity index (χ0v) is 19.0. The van der Waals surface area contributed by atoms with Crippen molar-refractivity contribution in [2.24, 2.45) is 5.92 Å². The number of anilines is 1. The Hall–Kier alpha value is -4.25. The minimum atomic E-state index is -0.853. The molecule has 1 amide bonds. The van der Waals surface area contributed by atoms with E-state index in [4.69, 9.17) is 16.4 Å². The number of hydrogen-bond donors (Lipinski definition) is 2. The fraction of sp³-hybridized carbons (Fsp3) is 0.296. The van der Waals surface area contributed by atoms with Crippen molar-refractivity contribution >= 4 is 23.3 Å². The molecule has 2 heterocycles. The lowest BCUT2D eigenvalue weighted by Gasteiger charge is -2.27. The number of nitrogens with one attached hydrogen (secondary N) is 1. The van der Waals surface area contributed by atoms with Crippen LogP contribution in [0.5, 0.6) is 5.75 Å². The van der Waals surface area contributed by atoms with E-state index in [9.17, 15) is 9.59 Å². The molecular weight excluding hydrogens is 444 g/mol. The van der Waals surface area contributed by atoms with Gasteiger partial charge in [0.2, 0.25) is 5.91 Å². The van der Waals surface area contributed by atoms with E-state index in [1.54, 1.807) is 30.6 Å². The predicted octanol–water partition coefficient (Wildman–Crippen LogP) is 4.78. The summed E-state index contributed by atoms with van der Waals surface area (Å²) in [5, 5.41) is 19.8. The monoisotopic (exact) mass is 468 g/mol. The molecule has 8 nitrogen and oxygen atoms in total. The quantitative estimate of drug-likeness (QED) is 0.484. The number of carbonyl (C=O) groups is 2. The standard InChI is InChI=1S/C27H24N4O4/c1-28-20-7-5-17(3-2-4-25(32)33)23(14-20)31-26(34)22-15-27(22)10-12-35-24-8-6-18(13-21(24)27)19-9-11-29-30-16-19/h5-9,11,13-14,16,22H,2-4,10,12,15H2,(H,31,34)(H,32,33)/t22-,27-/m0/s1. The summed E-state index contributed by atoms with van der Waals surface area (Å²) in [5.74, 6) is -0.343. The van der Waals surface area contributed by atoms with Crippen molar-refractivity contribution in [3.8, 4) is 16.9 Å². The highest BCUT2D eigenvalue weighted by molar-refractivity contribution is 5.97. The van der Waals surface area contributed by atoms with Gasteiger partial charge in [-0.05, 0) is 61.1 Å². The summed E-state index contributed by atoms with van der Waals surface area (Å²) >= 11 is 0. The van der Waals surface area contributed by atoms with Gasteiger partial charge in [-0.15, -0.1) is 0 Å². The summed E-state index contributed by atoms with van der Waals surface area (Å²) in [4.78, 5) is 27.8. The molecule has 1 aliphatic heterocycles. The fourth-order valence-corrected chi connectivity index (χ4v) is 5.00. The van der Waals surface area contributed by atoms with E-state index in [-0.39, 0.29) is 23.7 Å². The molecule has 0 saturated heterocycles. The van der Waals surface area contributed by atoms with Crippen LogP contribution in [0.1, 0.15) is 36.8 Å². The van der Waals surface area contributed by atoms with Crippen LogP contribution in [0, 0.1) is 12.5 Å². The van der Waals surface area contributed by atoms with Gasteiger partial charge >= 0.3 is 5.97 Å². The molecule has 1 saturated carbocycles. The molecule has 176 valence electrons. The molecule has 1 aromatic heterocycles. The van der Waals surface area contributed by atoms with Gasteiger partial charge in [0.25, 0.3) is 0 Å². The summed E-state index contributed by atoms with van der Waals surface area (Å²) in [6.45, 7) is 7.88. The second-order valence-corrected chi connectivity index (χ2v) is 9.04. The normalized spacial score (nSPS) is 19.8. The number of carbonyl (C=O) groups excluding carboxylic acids is 1. The van der Waals surface area contributed by atoms with Crippen LogP contribution in [0.2, 0.25) is 0 Å². The highest BCUT2D eigenvalue weighted by Gasteiger charge is 2.61. The van der Waals surface area contributed by atoms with Gasteiger partial charge in [0, 0.05) is 34.6 Å². The van der Waals surface area contributed by atoms with Gasteiger partial charge < -0.3 is 15.2 Å². The highest BCUT2D eigenvalue weighted by Crippen LogP contribution is 2.61. The smallest absolute Gasteiger partial charge is 0.303 e. The second-order valence-electron chi connectivity index (χ2n) is 9.04. The predicted molar refractivity (Wildman–Crippen MR) is 129 cm³/mol. The van der Waals surface area contributed by atoms with Crippen molar-refractivity contribution in [2.45, 2.75) is 37.5 Å². The van der Waals surface area contributed by atoms with Crippen LogP contribution in [-0.4, -0.2) is 33.8 Å². The molecule has 0 radical (unpaired) electrons. The lowest BCUT2D eigenvalue weighted by Crippen LogP contribution is -2.27. The van der Waals surface area contributed by atoms with Gasteiger partial charge in [0.1, 0.15) is 5.75 Å². The molecule has 0 unspecified atom stereocenters. The highest BCUT2D eigenvalue weighted by atomic mass is 16.5. The number of aliphatic carboxylic acids is 1. The molecule has 0 bridgehead atoms. The van der Waals surface area contributed by atoms with Crippen molar-refractivity contribution in [3.63, 3.8) is 0 Å². The van der Waals surface area contributed by atoms with E-state index in [1.165, 1.54) is 0 Å². The Morgan fingerprint density at radius 2 is 2.06 bits per heavy atom. The zero-order chi connectivity index (χ0) is 24.4. The first-order valence-electron chi connectivity index (χ1n) is 11.6. The van der Waals surface area contributed by atoms with Crippen LogP contribution >= 0.6 is 0 Å². The molecule has 1 spiro atoms. The molecule has 1 fully saturated rings. The summed E-state index contributed by atoms with van der Waals surface area (Å²) in [6, 6.07) is 13.1. The Bertz CT molecular complexity index is 1330. The van der Waals surface area contributed by atoms with Crippen molar-refractivity contribution in [3.05, 3.63) is 77.4 Å². The number of nitrogens with zero attached hydrogens (tertiary/aromatic N) is 3. The summed E-state index contributed by atoms with van der Waals surface area (Å²) in [5.41, 5.74) is 4.55. The topological polar surface area (TPSA) is 106 Å². The zero-order valence-electron chi connectivity index (χ0n) is 19.0. The minimum absolute atomic E-state index is 0.0514. The first-order valence-corrected chi connectivity index (χ1v) is 11.6. The van der Waals surface area contributed by atoms with E-state index >= 15 is 0 Å². The number of ether oxygens (including phenoxy) is 1. The maximum absolute atomic E-state index is 13.4. The summed E-state index contributed by atoms with van der Waals surface area (Å²) < 4.78 is 5.91. The Morgan fingerprint density at radius 3 is 2.83 bits per heavy atom. The molecular formula is C27H24N4O4. The lowest BCUT2D eigenvalue weighted by atomic mass is 9.85. The van der Waals surface area contributed by atoms with Crippen LogP contribution in [0.15, 0.2) is 54.9 Å². The van der Waals surface area contributed by atoms with Crippen molar-refractivity contribution in [1.82, 2.24) is 10.2 Å². The second kappa shape index (κ2) is 9.18. The first kappa shape index (κ1) is 22.5. The average Bonchev–Trinajstić information content (AvgIpc) is 3.60. The van der Waals surface area contributed by atoms with Crippen molar-refractivity contribution in [2.75, 3.05) is 11.9 Å². The third-order valence-corrected chi connectivity index (χ3v) is 6.95. The van der Waals surface area contributed by atoms with E-state index in [0.29, 0.717) is 30.8 Å².